The maximum atomic E-state index is 10.9. The molecule has 3 N–H and O–H groups in total. The van der Waals surface area contributed by atoms with E-state index in [1.807, 2.05) is 24.3 Å². The highest BCUT2D eigenvalue weighted by molar-refractivity contribution is 5.88. The summed E-state index contributed by atoms with van der Waals surface area (Å²) < 4.78 is 5.23. The smallest absolute Gasteiger partial charge is 0.335 e. The average Bonchev–Trinajstić information content (AvgIpc) is 2.69. The fraction of sp³-hybridized carbons (Fsp3) is 0.150. The molecule has 0 fully saturated rings. The fourth-order valence-electron chi connectivity index (χ4n) is 2.50. The predicted octanol–water partition coefficient (Wildman–Crippen LogP) is 3.58. The fourth-order valence-corrected chi connectivity index (χ4v) is 2.50. The van der Waals surface area contributed by atoms with E-state index in [1.54, 1.807) is 43.6 Å². The van der Waals surface area contributed by atoms with Gasteiger partial charge < -0.3 is 20.5 Å². The van der Waals surface area contributed by atoms with Crippen LogP contribution in [0.3, 0.4) is 0 Å². The topological polar surface area (TPSA) is 96.4 Å². The maximum absolute atomic E-state index is 10.9. The van der Waals surface area contributed by atoms with Crippen LogP contribution in [0.15, 0.2) is 60.8 Å². The molecule has 2 aromatic carbocycles. The van der Waals surface area contributed by atoms with Crippen LogP contribution in [0.25, 0.3) is 0 Å². The van der Waals surface area contributed by atoms with E-state index in [-0.39, 0.29) is 5.56 Å². The van der Waals surface area contributed by atoms with Crippen LogP contribution in [-0.4, -0.2) is 34.7 Å². The van der Waals surface area contributed by atoms with Crippen molar-refractivity contribution in [2.24, 2.45) is 0 Å². The van der Waals surface area contributed by atoms with Crippen molar-refractivity contribution in [1.29, 1.82) is 0 Å². The van der Waals surface area contributed by atoms with Crippen LogP contribution in [0, 0.1) is 0 Å². The molecule has 0 bridgehead atoms. The summed E-state index contributed by atoms with van der Waals surface area (Å²) in [4.78, 5) is 19.5. The second kappa shape index (κ2) is 8.66. The third kappa shape index (κ3) is 5.18. The van der Waals surface area contributed by atoms with Gasteiger partial charge in [0, 0.05) is 18.4 Å². The Balaban J connectivity index is 1.57. The van der Waals surface area contributed by atoms with Crippen LogP contribution in [0.5, 0.6) is 5.75 Å². The van der Waals surface area contributed by atoms with Gasteiger partial charge in [-0.05, 0) is 54.4 Å². The largest absolute Gasteiger partial charge is 0.497 e. The molecule has 0 atom stereocenters. The highest BCUT2D eigenvalue weighted by atomic mass is 16.5. The third-order valence-corrected chi connectivity index (χ3v) is 3.89. The Hall–Kier alpha value is -3.61. The summed E-state index contributed by atoms with van der Waals surface area (Å²) in [5, 5.41) is 15.3. The van der Waals surface area contributed by atoms with Crippen LogP contribution in [0.1, 0.15) is 15.9 Å². The minimum atomic E-state index is -0.953. The number of ether oxygens (including phenoxy) is 1. The minimum Gasteiger partial charge on any atom is -0.497 e. The number of nitrogens with zero attached hydrogens (tertiary/aromatic N) is 2. The average molecular weight is 364 g/mol. The standard InChI is InChI=1S/C20H20N4O3/c1-27-17-4-2-3-14(13-17)9-11-21-20-22-12-10-18(24-20)23-16-7-5-15(6-8-16)19(25)26/h2-8,10,12-13H,9,11H2,1H3,(H,25,26)(H2,21,22,23,24). The molecule has 0 aliphatic carbocycles. The summed E-state index contributed by atoms with van der Waals surface area (Å²) in [7, 11) is 1.65. The number of methoxy groups -OCH3 is 1. The van der Waals surface area contributed by atoms with E-state index >= 15 is 0 Å². The van der Waals surface area contributed by atoms with Gasteiger partial charge in [-0.3, -0.25) is 0 Å². The lowest BCUT2D eigenvalue weighted by atomic mass is 10.1. The van der Waals surface area contributed by atoms with Crippen molar-refractivity contribution in [3.05, 3.63) is 71.9 Å². The number of aromatic carboxylic acids is 1. The molecule has 0 saturated heterocycles. The lowest BCUT2D eigenvalue weighted by Gasteiger charge is -2.09. The van der Waals surface area contributed by atoms with Crippen molar-refractivity contribution in [3.8, 4) is 5.75 Å². The first kappa shape index (κ1) is 18.2. The van der Waals surface area contributed by atoms with Crippen molar-refractivity contribution in [3.63, 3.8) is 0 Å². The lowest BCUT2D eigenvalue weighted by molar-refractivity contribution is 0.0697. The molecule has 0 unspecified atom stereocenters. The molecular formula is C20H20N4O3. The third-order valence-electron chi connectivity index (χ3n) is 3.89. The van der Waals surface area contributed by atoms with Crippen LogP contribution >= 0.6 is 0 Å². The van der Waals surface area contributed by atoms with Crippen molar-refractivity contribution < 1.29 is 14.6 Å². The number of benzene rings is 2. The van der Waals surface area contributed by atoms with Gasteiger partial charge in [0.15, 0.2) is 0 Å². The van der Waals surface area contributed by atoms with Crippen molar-refractivity contribution in [1.82, 2.24) is 9.97 Å². The molecule has 7 heteroatoms. The van der Waals surface area contributed by atoms with E-state index in [1.165, 1.54) is 0 Å². The van der Waals surface area contributed by atoms with Crippen molar-refractivity contribution in [2.75, 3.05) is 24.3 Å². The van der Waals surface area contributed by atoms with Gasteiger partial charge in [0.05, 0.1) is 12.7 Å². The molecule has 0 aliphatic rings. The Morgan fingerprint density at radius 3 is 2.70 bits per heavy atom. The molecule has 0 spiro atoms. The molecule has 0 saturated carbocycles. The molecule has 3 aromatic rings. The number of hydrogen-bond donors (Lipinski definition) is 3. The van der Waals surface area contributed by atoms with Gasteiger partial charge in [0.2, 0.25) is 5.95 Å². The van der Waals surface area contributed by atoms with E-state index in [4.69, 9.17) is 9.84 Å². The zero-order valence-corrected chi connectivity index (χ0v) is 14.8. The highest BCUT2D eigenvalue weighted by Crippen LogP contribution is 2.16. The Morgan fingerprint density at radius 2 is 1.96 bits per heavy atom. The Kier molecular flexibility index (Phi) is 5.84. The van der Waals surface area contributed by atoms with Gasteiger partial charge in [0.25, 0.3) is 0 Å². The summed E-state index contributed by atoms with van der Waals surface area (Å²) in [6, 6.07) is 16.1. The van der Waals surface area contributed by atoms with E-state index in [9.17, 15) is 4.79 Å². The second-order valence-electron chi connectivity index (χ2n) is 5.80. The molecular weight excluding hydrogens is 344 g/mol. The van der Waals surface area contributed by atoms with Gasteiger partial charge in [0.1, 0.15) is 11.6 Å². The first-order valence-electron chi connectivity index (χ1n) is 8.44. The van der Waals surface area contributed by atoms with E-state index in [0.29, 0.717) is 18.3 Å². The predicted molar refractivity (Wildman–Crippen MR) is 104 cm³/mol. The zero-order valence-electron chi connectivity index (χ0n) is 14.8. The Bertz CT molecular complexity index is 913. The first-order valence-corrected chi connectivity index (χ1v) is 8.44. The quantitative estimate of drug-likeness (QED) is 0.562. The Labute approximate surface area is 157 Å². The minimum absolute atomic E-state index is 0.239. The number of carboxylic acid groups (broad SMARTS) is 1. The van der Waals surface area contributed by atoms with Gasteiger partial charge >= 0.3 is 5.97 Å². The van der Waals surface area contributed by atoms with Crippen LogP contribution in [-0.2, 0) is 6.42 Å². The van der Waals surface area contributed by atoms with Crippen LogP contribution < -0.4 is 15.4 Å². The summed E-state index contributed by atoms with van der Waals surface area (Å²) in [6.45, 7) is 0.684. The van der Waals surface area contributed by atoms with Gasteiger partial charge in [-0.1, -0.05) is 12.1 Å². The molecule has 1 heterocycles. The monoisotopic (exact) mass is 364 g/mol. The summed E-state index contributed by atoms with van der Waals surface area (Å²) in [5.41, 5.74) is 2.15. The number of nitrogens with one attached hydrogen (secondary N) is 2. The van der Waals surface area contributed by atoms with Crippen LogP contribution in [0.4, 0.5) is 17.5 Å². The molecule has 1 aromatic heterocycles. The summed E-state index contributed by atoms with van der Waals surface area (Å²) >= 11 is 0. The first-order chi connectivity index (χ1) is 13.1. The summed E-state index contributed by atoms with van der Waals surface area (Å²) in [5.74, 6) is 1.02. The Morgan fingerprint density at radius 1 is 1.15 bits per heavy atom. The number of carboxylic acids is 1. The zero-order chi connectivity index (χ0) is 19.1. The highest BCUT2D eigenvalue weighted by Gasteiger charge is 2.04. The van der Waals surface area contributed by atoms with Crippen LogP contribution in [0.2, 0.25) is 0 Å². The molecule has 0 aliphatic heterocycles. The molecule has 0 radical (unpaired) electrons. The van der Waals surface area contributed by atoms with Gasteiger partial charge in [-0.25, -0.2) is 9.78 Å². The number of carbonyl (C=O) groups is 1. The van der Waals surface area contributed by atoms with E-state index < -0.39 is 5.97 Å². The summed E-state index contributed by atoms with van der Waals surface area (Å²) in [6.07, 6.45) is 2.48. The number of aromatic nitrogens is 2. The second-order valence-corrected chi connectivity index (χ2v) is 5.80. The SMILES string of the molecule is COc1cccc(CCNc2nccc(Nc3ccc(C(=O)O)cc3)n2)c1. The molecule has 0 amide bonds. The maximum Gasteiger partial charge on any atom is 0.335 e. The number of anilines is 3. The van der Waals surface area contributed by atoms with Crippen molar-refractivity contribution >= 4 is 23.4 Å². The molecule has 27 heavy (non-hydrogen) atoms. The van der Waals surface area contributed by atoms with Gasteiger partial charge in [-0.2, -0.15) is 4.98 Å². The number of rotatable bonds is 8. The lowest BCUT2D eigenvalue weighted by Crippen LogP contribution is -2.08. The van der Waals surface area contributed by atoms with Gasteiger partial charge in [-0.15, -0.1) is 0 Å². The normalized spacial score (nSPS) is 10.3. The van der Waals surface area contributed by atoms with Crippen molar-refractivity contribution in [2.45, 2.75) is 6.42 Å². The van der Waals surface area contributed by atoms with E-state index in [0.717, 1.165) is 23.4 Å². The number of hydrogen-bond acceptors (Lipinski definition) is 6. The molecule has 138 valence electrons. The molecule has 3 rings (SSSR count). The van der Waals surface area contributed by atoms with E-state index in [2.05, 4.69) is 20.6 Å². The molecule has 7 nitrogen and oxygen atoms in total.